The van der Waals surface area contributed by atoms with Crippen molar-refractivity contribution in [1.82, 2.24) is 4.90 Å². The van der Waals surface area contributed by atoms with Gasteiger partial charge < -0.3 is 5.73 Å². The highest BCUT2D eigenvalue weighted by Crippen LogP contribution is 2.40. The van der Waals surface area contributed by atoms with E-state index in [0.717, 1.165) is 18.4 Å². The SMILES string of the molecule is CCC(C)CN(C)C1(CN)CCC(c2ccccc2)CC1. The summed E-state index contributed by atoms with van der Waals surface area (Å²) < 4.78 is 0. The van der Waals surface area contributed by atoms with E-state index in [1.54, 1.807) is 0 Å². The van der Waals surface area contributed by atoms with Crippen LogP contribution in [-0.2, 0) is 0 Å². The molecule has 2 N–H and O–H groups in total. The smallest absolute Gasteiger partial charge is 0.0329 e. The first kappa shape index (κ1) is 16.5. The molecule has 0 bridgehead atoms. The van der Waals surface area contributed by atoms with Gasteiger partial charge in [-0.05, 0) is 50.1 Å². The number of hydrogen-bond donors (Lipinski definition) is 1. The minimum absolute atomic E-state index is 0.231. The molecule has 2 rings (SSSR count). The van der Waals surface area contributed by atoms with E-state index in [1.807, 2.05) is 0 Å². The number of nitrogens with two attached hydrogens (primary N) is 1. The van der Waals surface area contributed by atoms with Crippen LogP contribution in [0.2, 0.25) is 0 Å². The maximum atomic E-state index is 6.20. The highest BCUT2D eigenvalue weighted by atomic mass is 15.2. The Bertz CT molecular complexity index is 407. The van der Waals surface area contributed by atoms with E-state index >= 15 is 0 Å². The second kappa shape index (κ2) is 7.42. The van der Waals surface area contributed by atoms with Gasteiger partial charge in [-0.15, -0.1) is 0 Å². The van der Waals surface area contributed by atoms with E-state index < -0.39 is 0 Å². The predicted molar refractivity (Wildman–Crippen MR) is 91.5 cm³/mol. The maximum Gasteiger partial charge on any atom is 0.0329 e. The van der Waals surface area contributed by atoms with Crippen LogP contribution in [0.1, 0.15) is 57.4 Å². The molecule has 1 aliphatic rings. The standard InChI is InChI=1S/C19H32N2/c1-4-16(2)14-21(3)19(15-20)12-10-18(11-13-19)17-8-6-5-7-9-17/h5-9,16,18H,4,10-15,20H2,1-3H3. The lowest BCUT2D eigenvalue weighted by Crippen LogP contribution is -2.55. The molecule has 1 fully saturated rings. The third kappa shape index (κ3) is 3.87. The number of benzene rings is 1. The van der Waals surface area contributed by atoms with Gasteiger partial charge >= 0.3 is 0 Å². The Kier molecular flexibility index (Phi) is 5.83. The van der Waals surface area contributed by atoms with Gasteiger partial charge in [-0.25, -0.2) is 0 Å². The Hall–Kier alpha value is -0.860. The van der Waals surface area contributed by atoms with Crippen molar-refractivity contribution in [3.63, 3.8) is 0 Å². The predicted octanol–water partition coefficient (Wildman–Crippen LogP) is 4.02. The van der Waals surface area contributed by atoms with Crippen molar-refractivity contribution >= 4 is 0 Å². The minimum atomic E-state index is 0.231. The Balaban J connectivity index is 1.99. The molecule has 1 aromatic rings. The van der Waals surface area contributed by atoms with Crippen molar-refractivity contribution in [3.8, 4) is 0 Å². The van der Waals surface area contributed by atoms with Crippen molar-refractivity contribution in [2.75, 3.05) is 20.1 Å². The van der Waals surface area contributed by atoms with Gasteiger partial charge in [0.2, 0.25) is 0 Å². The van der Waals surface area contributed by atoms with Crippen LogP contribution in [0, 0.1) is 5.92 Å². The van der Waals surface area contributed by atoms with Crippen LogP contribution in [-0.4, -0.2) is 30.6 Å². The number of hydrogen-bond acceptors (Lipinski definition) is 2. The van der Waals surface area contributed by atoms with Crippen LogP contribution in [0.15, 0.2) is 30.3 Å². The van der Waals surface area contributed by atoms with E-state index in [0.29, 0.717) is 0 Å². The van der Waals surface area contributed by atoms with Crippen LogP contribution >= 0.6 is 0 Å². The molecule has 118 valence electrons. The molecule has 1 aliphatic carbocycles. The van der Waals surface area contributed by atoms with Gasteiger partial charge in [-0.1, -0.05) is 50.6 Å². The quantitative estimate of drug-likeness (QED) is 0.856. The second-order valence-electron chi connectivity index (χ2n) is 7.01. The van der Waals surface area contributed by atoms with Crippen LogP contribution in [0.4, 0.5) is 0 Å². The van der Waals surface area contributed by atoms with Crippen molar-refractivity contribution < 1.29 is 0 Å². The number of likely N-dealkylation sites (N-methyl/N-ethyl adjacent to an activating group) is 1. The summed E-state index contributed by atoms with van der Waals surface area (Å²) in [7, 11) is 2.28. The van der Waals surface area contributed by atoms with Crippen molar-refractivity contribution in [3.05, 3.63) is 35.9 Å². The third-order valence-electron chi connectivity index (χ3n) is 5.66. The number of nitrogens with zero attached hydrogens (tertiary/aromatic N) is 1. The lowest BCUT2D eigenvalue weighted by atomic mass is 9.73. The second-order valence-corrected chi connectivity index (χ2v) is 7.01. The molecule has 0 spiro atoms. The van der Waals surface area contributed by atoms with Crippen molar-refractivity contribution in [2.24, 2.45) is 11.7 Å². The van der Waals surface area contributed by atoms with E-state index in [2.05, 4.69) is 56.1 Å². The van der Waals surface area contributed by atoms with Crippen molar-refractivity contribution in [1.29, 1.82) is 0 Å². The topological polar surface area (TPSA) is 29.3 Å². The average Bonchev–Trinajstić information content (AvgIpc) is 2.55. The zero-order chi connectivity index (χ0) is 15.3. The van der Waals surface area contributed by atoms with Crippen LogP contribution < -0.4 is 5.73 Å². The molecule has 21 heavy (non-hydrogen) atoms. The zero-order valence-electron chi connectivity index (χ0n) is 14.0. The van der Waals surface area contributed by atoms with Gasteiger partial charge in [-0.2, -0.15) is 0 Å². The van der Waals surface area contributed by atoms with E-state index in [4.69, 9.17) is 5.73 Å². The summed E-state index contributed by atoms with van der Waals surface area (Å²) in [4.78, 5) is 2.56. The lowest BCUT2D eigenvalue weighted by molar-refractivity contribution is 0.0635. The molecule has 1 unspecified atom stereocenters. The van der Waals surface area contributed by atoms with E-state index in [-0.39, 0.29) is 5.54 Å². The summed E-state index contributed by atoms with van der Waals surface area (Å²) in [6.07, 6.45) is 6.25. The molecular weight excluding hydrogens is 256 g/mol. The summed E-state index contributed by atoms with van der Waals surface area (Å²) >= 11 is 0. The summed E-state index contributed by atoms with van der Waals surface area (Å²) in [5.41, 5.74) is 7.94. The maximum absolute atomic E-state index is 6.20. The summed E-state index contributed by atoms with van der Waals surface area (Å²) in [6.45, 7) is 6.58. The van der Waals surface area contributed by atoms with Crippen LogP contribution in [0.5, 0.6) is 0 Å². The molecule has 2 nitrogen and oxygen atoms in total. The monoisotopic (exact) mass is 288 g/mol. The molecule has 2 heteroatoms. The highest BCUT2D eigenvalue weighted by molar-refractivity contribution is 5.20. The van der Waals surface area contributed by atoms with Gasteiger partial charge in [0, 0.05) is 18.6 Å². The molecule has 0 aliphatic heterocycles. The first-order valence-electron chi connectivity index (χ1n) is 8.57. The van der Waals surface area contributed by atoms with Gasteiger partial charge in [-0.3, -0.25) is 4.90 Å². The Morgan fingerprint density at radius 3 is 2.38 bits per heavy atom. The highest BCUT2D eigenvalue weighted by Gasteiger charge is 2.38. The average molecular weight is 288 g/mol. The fourth-order valence-corrected chi connectivity index (χ4v) is 3.75. The van der Waals surface area contributed by atoms with Gasteiger partial charge in [0.05, 0.1) is 0 Å². The van der Waals surface area contributed by atoms with Crippen LogP contribution in [0.25, 0.3) is 0 Å². The Labute approximate surface area is 130 Å². The molecule has 0 aromatic heterocycles. The molecule has 0 saturated heterocycles. The molecule has 0 radical (unpaired) electrons. The van der Waals surface area contributed by atoms with Crippen LogP contribution in [0.3, 0.4) is 0 Å². The van der Waals surface area contributed by atoms with Gasteiger partial charge in [0.15, 0.2) is 0 Å². The van der Waals surface area contributed by atoms with Gasteiger partial charge in [0.25, 0.3) is 0 Å². The lowest BCUT2D eigenvalue weighted by Gasteiger charge is -2.47. The fraction of sp³-hybridized carbons (Fsp3) is 0.684. The summed E-state index contributed by atoms with van der Waals surface area (Å²) in [5, 5.41) is 0. The molecule has 0 heterocycles. The fourth-order valence-electron chi connectivity index (χ4n) is 3.75. The third-order valence-corrected chi connectivity index (χ3v) is 5.66. The van der Waals surface area contributed by atoms with Gasteiger partial charge in [0.1, 0.15) is 0 Å². The Morgan fingerprint density at radius 2 is 1.86 bits per heavy atom. The largest absolute Gasteiger partial charge is 0.329 e. The van der Waals surface area contributed by atoms with E-state index in [1.165, 1.54) is 44.2 Å². The molecular formula is C19H32N2. The zero-order valence-corrected chi connectivity index (χ0v) is 14.0. The minimum Gasteiger partial charge on any atom is -0.329 e. The van der Waals surface area contributed by atoms with Crippen molar-refractivity contribution in [2.45, 2.75) is 57.4 Å². The first-order chi connectivity index (χ1) is 10.1. The normalized spacial score (nSPS) is 27.8. The first-order valence-corrected chi connectivity index (χ1v) is 8.57. The molecule has 1 saturated carbocycles. The molecule has 1 aromatic carbocycles. The van der Waals surface area contributed by atoms with E-state index in [9.17, 15) is 0 Å². The molecule has 0 amide bonds. The summed E-state index contributed by atoms with van der Waals surface area (Å²) in [6, 6.07) is 11.0. The molecule has 1 atom stereocenters. The Morgan fingerprint density at radius 1 is 1.24 bits per heavy atom. The number of rotatable bonds is 6. The summed E-state index contributed by atoms with van der Waals surface area (Å²) in [5.74, 6) is 1.48.